The van der Waals surface area contributed by atoms with Crippen molar-refractivity contribution in [3.05, 3.63) is 0 Å². The highest BCUT2D eigenvalue weighted by Crippen LogP contribution is 2.45. The first-order valence-electron chi connectivity index (χ1n) is 23.0. The molecule has 2 aliphatic heterocycles. The molecule has 5 rings (SSSR count). The summed E-state index contributed by atoms with van der Waals surface area (Å²) in [5.41, 5.74) is -0.540. The fourth-order valence-electron chi connectivity index (χ4n) is 10.9. The standard InChI is InChI=1S/C45H84N8O2/c1-13-17-29-50(35-31-42(5,6)52(43(7,8)32-35)54-37-25-21-19-22-26-37)40-46-39(49(15-3)16-4)47-41(48-40)51(30-18-14-2)36-33-44(9,10)53(45(11,12)34-36)55-38-27-23-20-24-28-38/h35-38H,13-34H2,1-12H3. The molecular formula is C45H84N8O2. The van der Waals surface area contributed by atoms with Gasteiger partial charge in [0.1, 0.15) is 0 Å². The lowest BCUT2D eigenvalue weighted by molar-refractivity contribution is -0.310. The van der Waals surface area contributed by atoms with Crippen molar-refractivity contribution in [2.75, 3.05) is 40.9 Å². The van der Waals surface area contributed by atoms with E-state index in [4.69, 9.17) is 24.6 Å². The van der Waals surface area contributed by atoms with Gasteiger partial charge in [-0.05, 0) is 133 Å². The van der Waals surface area contributed by atoms with E-state index in [0.29, 0.717) is 12.2 Å². The van der Waals surface area contributed by atoms with Crippen LogP contribution in [0.2, 0.25) is 0 Å². The van der Waals surface area contributed by atoms with Gasteiger partial charge in [-0.2, -0.15) is 25.1 Å². The number of hydroxylamine groups is 4. The smallest absolute Gasteiger partial charge is 0.232 e. The van der Waals surface area contributed by atoms with Crippen molar-refractivity contribution >= 4 is 17.8 Å². The molecule has 316 valence electrons. The molecule has 0 unspecified atom stereocenters. The Balaban J connectivity index is 1.51. The minimum absolute atomic E-state index is 0.135. The second-order valence-electron chi connectivity index (χ2n) is 20.2. The van der Waals surface area contributed by atoms with Crippen LogP contribution in [-0.2, 0) is 9.68 Å². The molecule has 0 aromatic carbocycles. The van der Waals surface area contributed by atoms with Crippen LogP contribution in [0.15, 0.2) is 0 Å². The summed E-state index contributed by atoms with van der Waals surface area (Å²) >= 11 is 0. The Kier molecular flexibility index (Phi) is 15.2. The lowest BCUT2D eigenvalue weighted by atomic mass is 9.78. The second-order valence-corrected chi connectivity index (χ2v) is 20.2. The molecule has 1 aromatic rings. The molecule has 0 atom stereocenters. The summed E-state index contributed by atoms with van der Waals surface area (Å²) in [4.78, 5) is 37.7. The fourth-order valence-corrected chi connectivity index (χ4v) is 10.9. The zero-order chi connectivity index (χ0) is 40.0. The molecular weight excluding hydrogens is 685 g/mol. The number of hydrogen-bond donors (Lipinski definition) is 0. The maximum Gasteiger partial charge on any atom is 0.232 e. The van der Waals surface area contributed by atoms with Crippen molar-refractivity contribution in [1.29, 1.82) is 0 Å². The zero-order valence-electron chi connectivity index (χ0n) is 37.8. The third kappa shape index (κ3) is 10.9. The van der Waals surface area contributed by atoms with Crippen LogP contribution in [0.1, 0.15) is 199 Å². The van der Waals surface area contributed by atoms with Crippen molar-refractivity contribution in [3.63, 3.8) is 0 Å². The average Bonchev–Trinajstić information content (AvgIpc) is 3.12. The Morgan fingerprint density at radius 3 is 1.15 bits per heavy atom. The Morgan fingerprint density at radius 2 is 0.836 bits per heavy atom. The normalized spacial score (nSPS) is 24.2. The summed E-state index contributed by atoms with van der Waals surface area (Å²) in [6, 6.07) is 0.564. The first-order chi connectivity index (χ1) is 26.0. The molecule has 10 heteroatoms. The highest BCUT2D eigenvalue weighted by molar-refractivity contribution is 5.48. The van der Waals surface area contributed by atoms with Gasteiger partial charge < -0.3 is 14.7 Å². The predicted molar refractivity (Wildman–Crippen MR) is 230 cm³/mol. The monoisotopic (exact) mass is 769 g/mol. The van der Waals surface area contributed by atoms with Gasteiger partial charge in [-0.25, -0.2) is 0 Å². The van der Waals surface area contributed by atoms with Crippen LogP contribution in [0, 0.1) is 0 Å². The number of aromatic nitrogens is 3. The van der Waals surface area contributed by atoms with Crippen LogP contribution in [0.4, 0.5) is 17.8 Å². The molecule has 0 bridgehead atoms. The number of piperidine rings is 2. The van der Waals surface area contributed by atoms with Gasteiger partial charge in [0, 0.05) is 60.4 Å². The average molecular weight is 769 g/mol. The maximum absolute atomic E-state index is 6.94. The van der Waals surface area contributed by atoms with E-state index in [1.54, 1.807) is 0 Å². The maximum atomic E-state index is 6.94. The van der Waals surface area contributed by atoms with Crippen LogP contribution >= 0.6 is 0 Å². The van der Waals surface area contributed by atoms with E-state index in [9.17, 15) is 0 Å². The van der Waals surface area contributed by atoms with Gasteiger partial charge in [-0.15, -0.1) is 0 Å². The molecule has 2 aliphatic carbocycles. The summed E-state index contributed by atoms with van der Waals surface area (Å²) in [7, 11) is 0. The van der Waals surface area contributed by atoms with Crippen LogP contribution < -0.4 is 14.7 Å². The summed E-state index contributed by atoms with van der Waals surface area (Å²) < 4.78 is 0. The highest BCUT2D eigenvalue weighted by atomic mass is 16.7. The van der Waals surface area contributed by atoms with Crippen LogP contribution in [0.25, 0.3) is 0 Å². The summed E-state index contributed by atoms with van der Waals surface area (Å²) in [6.45, 7) is 31.7. The number of unbranched alkanes of at least 4 members (excludes halogenated alkanes) is 2. The van der Waals surface area contributed by atoms with E-state index in [-0.39, 0.29) is 34.2 Å². The van der Waals surface area contributed by atoms with E-state index < -0.39 is 0 Å². The molecule has 10 nitrogen and oxygen atoms in total. The second kappa shape index (κ2) is 18.9. The van der Waals surface area contributed by atoms with Crippen LogP contribution in [0.5, 0.6) is 0 Å². The molecule has 3 heterocycles. The summed E-state index contributed by atoms with van der Waals surface area (Å²) in [5, 5.41) is 4.79. The number of rotatable bonds is 17. The van der Waals surface area contributed by atoms with Crippen LogP contribution in [-0.4, -0.2) is 97.7 Å². The third-order valence-corrected chi connectivity index (χ3v) is 13.3. The fraction of sp³-hybridized carbons (Fsp3) is 0.933. The van der Waals surface area contributed by atoms with Crippen molar-refractivity contribution in [3.8, 4) is 0 Å². The van der Waals surface area contributed by atoms with E-state index in [1.807, 2.05) is 0 Å². The van der Waals surface area contributed by atoms with E-state index >= 15 is 0 Å². The lowest BCUT2D eigenvalue weighted by Gasteiger charge is -2.57. The van der Waals surface area contributed by atoms with E-state index in [2.05, 4.69) is 108 Å². The van der Waals surface area contributed by atoms with Gasteiger partial charge in [0.15, 0.2) is 0 Å². The first-order valence-corrected chi connectivity index (χ1v) is 23.0. The van der Waals surface area contributed by atoms with Crippen molar-refractivity contribution in [2.45, 2.75) is 245 Å². The predicted octanol–water partition coefficient (Wildman–Crippen LogP) is 10.5. The molecule has 0 spiro atoms. The molecule has 0 N–H and O–H groups in total. The molecule has 4 aliphatic rings. The topological polar surface area (TPSA) is 73.3 Å². The number of anilines is 3. The van der Waals surface area contributed by atoms with Crippen molar-refractivity contribution in [1.82, 2.24) is 25.1 Å². The number of nitrogens with zero attached hydrogens (tertiary/aromatic N) is 8. The molecule has 0 amide bonds. The Morgan fingerprint density at radius 1 is 0.509 bits per heavy atom. The molecule has 2 saturated carbocycles. The minimum atomic E-state index is -0.135. The van der Waals surface area contributed by atoms with Gasteiger partial charge in [0.05, 0.1) is 12.2 Å². The minimum Gasteiger partial charge on any atom is -0.341 e. The highest BCUT2D eigenvalue weighted by Gasteiger charge is 2.51. The quantitative estimate of drug-likeness (QED) is 0.153. The number of hydrogen-bond acceptors (Lipinski definition) is 10. The zero-order valence-corrected chi connectivity index (χ0v) is 37.8. The summed E-state index contributed by atoms with van der Waals surface area (Å²) in [5.74, 6) is 2.49. The summed E-state index contributed by atoms with van der Waals surface area (Å²) in [6.07, 6.45) is 21.6. The largest absolute Gasteiger partial charge is 0.341 e. The molecule has 55 heavy (non-hydrogen) atoms. The van der Waals surface area contributed by atoms with E-state index in [0.717, 1.165) is 95.4 Å². The SMILES string of the molecule is CCCCN(c1nc(N(CC)CC)nc(N(CCCC)C2CC(C)(C)N(OC3CCCCC3)C(C)(C)C2)n1)C1CC(C)(C)N(OC2CCCCC2)C(C)(C)C1. The van der Waals surface area contributed by atoms with Gasteiger partial charge in [0.25, 0.3) is 0 Å². The van der Waals surface area contributed by atoms with Crippen molar-refractivity contribution < 1.29 is 9.68 Å². The molecule has 4 fully saturated rings. The van der Waals surface area contributed by atoms with Gasteiger partial charge in [-0.3, -0.25) is 9.68 Å². The first kappa shape index (κ1) is 44.4. The van der Waals surface area contributed by atoms with Crippen LogP contribution in [0.3, 0.4) is 0 Å². The lowest BCUT2D eigenvalue weighted by Crippen LogP contribution is -2.65. The third-order valence-electron chi connectivity index (χ3n) is 13.3. The van der Waals surface area contributed by atoms with Gasteiger partial charge >= 0.3 is 0 Å². The van der Waals surface area contributed by atoms with E-state index in [1.165, 1.54) is 64.2 Å². The Hall–Kier alpha value is -1.75. The Labute approximate surface area is 337 Å². The van der Waals surface area contributed by atoms with Crippen molar-refractivity contribution in [2.24, 2.45) is 0 Å². The molecule has 0 radical (unpaired) electrons. The van der Waals surface area contributed by atoms with Gasteiger partial charge in [0.2, 0.25) is 17.8 Å². The molecule has 1 aromatic heterocycles. The Bertz CT molecular complexity index is 1190. The van der Waals surface area contributed by atoms with Gasteiger partial charge in [-0.1, -0.05) is 65.2 Å². The molecule has 2 saturated heterocycles.